The average Bonchev–Trinajstić information content (AvgIpc) is 2.76. The first-order chi connectivity index (χ1) is 10.1. The standard InChI is InChI=1S/C17H21NO2S/c1-3-20-17(19)15-12(2)14(16(18)21-15)11-7-10-13-8-5-4-6-9-13/h4-6,8-9H,3,7,10-11,18H2,1-2H3. The first-order valence-corrected chi connectivity index (χ1v) is 8.04. The van der Waals surface area contributed by atoms with E-state index in [0.717, 1.165) is 35.4 Å². The molecular weight excluding hydrogens is 282 g/mol. The van der Waals surface area contributed by atoms with Gasteiger partial charge in [-0.2, -0.15) is 0 Å². The maximum atomic E-state index is 11.9. The second-order valence-corrected chi connectivity index (χ2v) is 6.01. The van der Waals surface area contributed by atoms with Crippen molar-refractivity contribution in [2.45, 2.75) is 33.1 Å². The predicted molar refractivity (Wildman–Crippen MR) is 87.9 cm³/mol. The first kappa shape index (κ1) is 15.6. The molecule has 2 rings (SSSR count). The van der Waals surface area contributed by atoms with Gasteiger partial charge in [-0.1, -0.05) is 30.3 Å². The largest absolute Gasteiger partial charge is 0.462 e. The van der Waals surface area contributed by atoms with Gasteiger partial charge in [0.05, 0.1) is 11.6 Å². The van der Waals surface area contributed by atoms with Crippen LogP contribution in [0.3, 0.4) is 0 Å². The van der Waals surface area contributed by atoms with Crippen LogP contribution in [0.4, 0.5) is 5.00 Å². The van der Waals surface area contributed by atoms with Crippen LogP contribution in [0.25, 0.3) is 0 Å². The van der Waals surface area contributed by atoms with Gasteiger partial charge in [-0.05, 0) is 49.8 Å². The summed E-state index contributed by atoms with van der Waals surface area (Å²) in [6.45, 7) is 4.15. The van der Waals surface area contributed by atoms with Crippen LogP contribution < -0.4 is 5.73 Å². The number of thiophene rings is 1. The number of aryl methyl sites for hydroxylation is 1. The molecule has 0 unspecified atom stereocenters. The zero-order valence-corrected chi connectivity index (χ0v) is 13.3. The number of benzene rings is 1. The van der Waals surface area contributed by atoms with Crippen LogP contribution >= 0.6 is 11.3 Å². The van der Waals surface area contributed by atoms with Crippen LogP contribution in [0.2, 0.25) is 0 Å². The highest BCUT2D eigenvalue weighted by Gasteiger charge is 2.19. The summed E-state index contributed by atoms with van der Waals surface area (Å²) in [4.78, 5) is 12.5. The lowest BCUT2D eigenvalue weighted by Crippen LogP contribution is -2.04. The Morgan fingerprint density at radius 3 is 2.62 bits per heavy atom. The van der Waals surface area contributed by atoms with Gasteiger partial charge in [0.1, 0.15) is 4.88 Å². The molecule has 2 N–H and O–H groups in total. The Bertz CT molecular complexity index is 605. The molecule has 0 spiro atoms. The van der Waals surface area contributed by atoms with Gasteiger partial charge < -0.3 is 10.5 Å². The lowest BCUT2D eigenvalue weighted by atomic mass is 10.0. The van der Waals surface area contributed by atoms with Crippen molar-refractivity contribution in [2.24, 2.45) is 0 Å². The van der Waals surface area contributed by atoms with Crippen molar-refractivity contribution in [1.82, 2.24) is 0 Å². The van der Waals surface area contributed by atoms with Gasteiger partial charge in [0.25, 0.3) is 0 Å². The number of carbonyl (C=O) groups excluding carboxylic acids is 1. The summed E-state index contributed by atoms with van der Waals surface area (Å²) in [5.74, 6) is -0.263. The Balaban J connectivity index is 2.02. The Hall–Kier alpha value is -1.81. The molecule has 0 atom stereocenters. The summed E-state index contributed by atoms with van der Waals surface area (Å²) in [5.41, 5.74) is 9.47. The zero-order chi connectivity index (χ0) is 15.2. The summed E-state index contributed by atoms with van der Waals surface area (Å²) in [6, 6.07) is 10.4. The normalized spacial score (nSPS) is 10.6. The SMILES string of the molecule is CCOC(=O)c1sc(N)c(CCCc2ccccc2)c1C. The Kier molecular flexibility index (Phi) is 5.39. The smallest absolute Gasteiger partial charge is 0.348 e. The molecular formula is C17H21NO2S. The van der Waals surface area contributed by atoms with Crippen LogP contribution in [0, 0.1) is 6.92 Å². The van der Waals surface area contributed by atoms with Gasteiger partial charge in [0.2, 0.25) is 0 Å². The van der Waals surface area contributed by atoms with Gasteiger partial charge in [0.15, 0.2) is 0 Å². The van der Waals surface area contributed by atoms with Crippen molar-refractivity contribution in [3.05, 3.63) is 51.9 Å². The number of nitrogens with two attached hydrogens (primary N) is 1. The van der Waals surface area contributed by atoms with E-state index in [1.165, 1.54) is 16.9 Å². The number of rotatable bonds is 6. The minimum Gasteiger partial charge on any atom is -0.462 e. The van der Waals surface area contributed by atoms with Crippen molar-refractivity contribution in [1.29, 1.82) is 0 Å². The van der Waals surface area contributed by atoms with E-state index in [1.807, 2.05) is 19.9 Å². The van der Waals surface area contributed by atoms with Crippen LogP contribution in [-0.4, -0.2) is 12.6 Å². The molecule has 0 fully saturated rings. The lowest BCUT2D eigenvalue weighted by molar-refractivity contribution is 0.0531. The molecule has 21 heavy (non-hydrogen) atoms. The number of hydrogen-bond acceptors (Lipinski definition) is 4. The number of anilines is 1. The van der Waals surface area contributed by atoms with Crippen molar-refractivity contribution in [3.8, 4) is 0 Å². The fourth-order valence-electron chi connectivity index (χ4n) is 2.39. The van der Waals surface area contributed by atoms with E-state index in [-0.39, 0.29) is 5.97 Å². The number of carbonyl (C=O) groups is 1. The molecule has 0 saturated heterocycles. The van der Waals surface area contributed by atoms with Crippen molar-refractivity contribution in [2.75, 3.05) is 12.3 Å². The number of ether oxygens (including phenoxy) is 1. The fraction of sp³-hybridized carbons (Fsp3) is 0.353. The van der Waals surface area contributed by atoms with E-state index in [4.69, 9.17) is 10.5 Å². The molecule has 2 aromatic rings. The Morgan fingerprint density at radius 2 is 1.95 bits per heavy atom. The Morgan fingerprint density at radius 1 is 1.24 bits per heavy atom. The number of esters is 1. The maximum absolute atomic E-state index is 11.9. The summed E-state index contributed by atoms with van der Waals surface area (Å²) >= 11 is 1.34. The van der Waals surface area contributed by atoms with Crippen molar-refractivity contribution >= 4 is 22.3 Å². The fourth-order valence-corrected chi connectivity index (χ4v) is 3.40. The minimum atomic E-state index is -0.263. The van der Waals surface area contributed by atoms with Crippen LogP contribution in [-0.2, 0) is 17.6 Å². The molecule has 0 amide bonds. The predicted octanol–water partition coefficient (Wildman–Crippen LogP) is 3.99. The van der Waals surface area contributed by atoms with Crippen LogP contribution in [0.15, 0.2) is 30.3 Å². The second-order valence-electron chi connectivity index (χ2n) is 4.96. The van der Waals surface area contributed by atoms with E-state index in [2.05, 4.69) is 24.3 Å². The van der Waals surface area contributed by atoms with Gasteiger partial charge >= 0.3 is 5.97 Å². The number of hydrogen-bond donors (Lipinski definition) is 1. The molecule has 0 aliphatic heterocycles. The first-order valence-electron chi connectivity index (χ1n) is 7.22. The van der Waals surface area contributed by atoms with E-state index in [0.29, 0.717) is 11.5 Å². The highest BCUT2D eigenvalue weighted by Crippen LogP contribution is 2.32. The number of nitrogen functional groups attached to an aromatic ring is 1. The third kappa shape index (κ3) is 3.85. The molecule has 0 bridgehead atoms. The molecule has 0 aliphatic carbocycles. The second kappa shape index (κ2) is 7.27. The maximum Gasteiger partial charge on any atom is 0.348 e. The molecule has 1 heterocycles. The van der Waals surface area contributed by atoms with Crippen LogP contribution in [0.5, 0.6) is 0 Å². The van der Waals surface area contributed by atoms with Crippen molar-refractivity contribution in [3.63, 3.8) is 0 Å². The lowest BCUT2D eigenvalue weighted by Gasteiger charge is -2.04. The molecule has 112 valence electrons. The third-order valence-corrected chi connectivity index (χ3v) is 4.64. The summed E-state index contributed by atoms with van der Waals surface area (Å²) in [7, 11) is 0. The van der Waals surface area contributed by atoms with E-state index >= 15 is 0 Å². The van der Waals surface area contributed by atoms with E-state index in [1.54, 1.807) is 0 Å². The topological polar surface area (TPSA) is 52.3 Å². The van der Waals surface area contributed by atoms with Crippen LogP contribution in [0.1, 0.15) is 39.7 Å². The quantitative estimate of drug-likeness (QED) is 0.821. The van der Waals surface area contributed by atoms with Gasteiger partial charge in [-0.15, -0.1) is 11.3 Å². The molecule has 1 aromatic carbocycles. The molecule has 0 aliphatic rings. The molecule has 0 saturated carbocycles. The molecule has 1 aromatic heterocycles. The van der Waals surface area contributed by atoms with Gasteiger partial charge in [-0.3, -0.25) is 0 Å². The van der Waals surface area contributed by atoms with Crippen molar-refractivity contribution < 1.29 is 9.53 Å². The van der Waals surface area contributed by atoms with Gasteiger partial charge in [0, 0.05) is 0 Å². The molecule has 3 nitrogen and oxygen atoms in total. The van der Waals surface area contributed by atoms with E-state index in [9.17, 15) is 4.79 Å². The molecule has 4 heteroatoms. The summed E-state index contributed by atoms with van der Waals surface area (Å²) < 4.78 is 5.07. The van der Waals surface area contributed by atoms with E-state index < -0.39 is 0 Å². The highest BCUT2D eigenvalue weighted by molar-refractivity contribution is 7.18. The summed E-state index contributed by atoms with van der Waals surface area (Å²) in [5, 5.41) is 0.739. The Labute approximate surface area is 129 Å². The third-order valence-electron chi connectivity index (χ3n) is 3.50. The van der Waals surface area contributed by atoms with Gasteiger partial charge in [-0.25, -0.2) is 4.79 Å². The minimum absolute atomic E-state index is 0.263. The average molecular weight is 303 g/mol. The molecule has 0 radical (unpaired) electrons. The highest BCUT2D eigenvalue weighted by atomic mass is 32.1. The zero-order valence-electron chi connectivity index (χ0n) is 12.5. The summed E-state index contributed by atoms with van der Waals surface area (Å²) in [6.07, 6.45) is 2.93. The monoisotopic (exact) mass is 303 g/mol.